The SMILES string of the molecule is CC(N)CC(=O)NC(C)c1noc(-c2ccc(Cl)cc2)n1.Cl. The number of hydrogen-bond acceptors (Lipinski definition) is 5. The minimum Gasteiger partial charge on any atom is -0.346 e. The van der Waals surface area contributed by atoms with Gasteiger partial charge in [-0.2, -0.15) is 4.98 Å². The van der Waals surface area contributed by atoms with Gasteiger partial charge in [-0.05, 0) is 38.1 Å². The van der Waals surface area contributed by atoms with Crippen LogP contribution in [-0.2, 0) is 4.79 Å². The second-order valence-electron chi connectivity index (χ2n) is 4.94. The van der Waals surface area contributed by atoms with E-state index in [1.165, 1.54) is 0 Å². The summed E-state index contributed by atoms with van der Waals surface area (Å²) < 4.78 is 5.19. The summed E-state index contributed by atoms with van der Waals surface area (Å²) in [4.78, 5) is 15.9. The molecule has 2 rings (SSSR count). The Kier molecular flexibility index (Phi) is 6.80. The highest BCUT2D eigenvalue weighted by molar-refractivity contribution is 6.30. The van der Waals surface area contributed by atoms with Gasteiger partial charge >= 0.3 is 0 Å². The number of nitrogens with two attached hydrogens (primary N) is 1. The number of hydrogen-bond donors (Lipinski definition) is 2. The Morgan fingerprint density at radius 1 is 1.36 bits per heavy atom. The largest absolute Gasteiger partial charge is 0.346 e. The fourth-order valence-electron chi connectivity index (χ4n) is 1.78. The minimum absolute atomic E-state index is 0. The van der Waals surface area contributed by atoms with Gasteiger partial charge in [0.05, 0.1) is 6.04 Å². The summed E-state index contributed by atoms with van der Waals surface area (Å²) in [5.41, 5.74) is 6.35. The molecule has 0 fully saturated rings. The van der Waals surface area contributed by atoms with Gasteiger partial charge in [-0.25, -0.2) is 0 Å². The summed E-state index contributed by atoms with van der Waals surface area (Å²) >= 11 is 5.83. The Morgan fingerprint density at radius 3 is 2.59 bits per heavy atom. The van der Waals surface area contributed by atoms with Gasteiger partial charge in [0.15, 0.2) is 5.82 Å². The van der Waals surface area contributed by atoms with Crippen molar-refractivity contribution < 1.29 is 9.32 Å². The normalized spacial score (nSPS) is 13.1. The number of rotatable bonds is 5. The molecule has 0 saturated carbocycles. The molecule has 22 heavy (non-hydrogen) atoms. The minimum atomic E-state index is -0.346. The Morgan fingerprint density at radius 2 is 2.00 bits per heavy atom. The van der Waals surface area contributed by atoms with Crippen molar-refractivity contribution in [1.29, 1.82) is 0 Å². The molecule has 2 unspecified atom stereocenters. The first-order valence-corrected chi connectivity index (χ1v) is 6.98. The van der Waals surface area contributed by atoms with Crippen molar-refractivity contribution in [2.24, 2.45) is 5.73 Å². The molecule has 0 aliphatic heterocycles. The quantitative estimate of drug-likeness (QED) is 0.869. The zero-order valence-corrected chi connectivity index (χ0v) is 13.8. The van der Waals surface area contributed by atoms with Crippen molar-refractivity contribution in [2.75, 3.05) is 0 Å². The average molecular weight is 345 g/mol. The Bertz CT molecular complexity index is 614. The van der Waals surface area contributed by atoms with E-state index < -0.39 is 0 Å². The molecule has 1 heterocycles. The van der Waals surface area contributed by atoms with Gasteiger partial charge < -0.3 is 15.6 Å². The highest BCUT2D eigenvalue weighted by Gasteiger charge is 2.17. The number of benzene rings is 1. The van der Waals surface area contributed by atoms with Gasteiger partial charge in [-0.1, -0.05) is 16.8 Å². The molecule has 1 aromatic carbocycles. The molecule has 0 spiro atoms. The van der Waals surface area contributed by atoms with Crippen LogP contribution in [0.15, 0.2) is 28.8 Å². The van der Waals surface area contributed by atoms with E-state index in [-0.39, 0.29) is 36.8 Å². The average Bonchev–Trinajstić information content (AvgIpc) is 2.88. The molecular weight excluding hydrogens is 327 g/mol. The number of halogens is 2. The van der Waals surface area contributed by atoms with Crippen LogP contribution in [0.3, 0.4) is 0 Å². The standard InChI is InChI=1S/C14H17ClN4O2.ClH/c1-8(16)7-12(20)17-9(2)13-18-14(21-19-13)10-3-5-11(15)6-4-10;/h3-6,8-9H,7,16H2,1-2H3,(H,17,20);1H. The summed E-state index contributed by atoms with van der Waals surface area (Å²) in [6.45, 7) is 3.56. The van der Waals surface area contributed by atoms with Crippen LogP contribution < -0.4 is 11.1 Å². The Hall–Kier alpha value is -1.63. The van der Waals surface area contributed by atoms with E-state index in [4.69, 9.17) is 21.9 Å². The third-order valence-electron chi connectivity index (χ3n) is 2.81. The maximum absolute atomic E-state index is 11.7. The van der Waals surface area contributed by atoms with Crippen molar-refractivity contribution >= 4 is 29.9 Å². The third kappa shape index (κ3) is 4.98. The Balaban J connectivity index is 0.00000242. The van der Waals surface area contributed by atoms with Gasteiger partial charge in [0.25, 0.3) is 5.89 Å². The van der Waals surface area contributed by atoms with Crippen LogP contribution in [0.2, 0.25) is 5.02 Å². The summed E-state index contributed by atoms with van der Waals surface area (Å²) in [5.74, 6) is 0.656. The van der Waals surface area contributed by atoms with Gasteiger partial charge in [-0.15, -0.1) is 12.4 Å². The van der Waals surface area contributed by atoms with Crippen LogP contribution in [0.4, 0.5) is 0 Å². The maximum Gasteiger partial charge on any atom is 0.257 e. The van der Waals surface area contributed by atoms with Crippen molar-refractivity contribution in [3.63, 3.8) is 0 Å². The summed E-state index contributed by atoms with van der Waals surface area (Å²) in [7, 11) is 0. The topological polar surface area (TPSA) is 94.0 Å². The lowest BCUT2D eigenvalue weighted by Gasteiger charge is -2.11. The molecule has 0 aliphatic carbocycles. The number of aromatic nitrogens is 2. The second kappa shape index (κ2) is 8.12. The lowest BCUT2D eigenvalue weighted by molar-refractivity contribution is -0.122. The van der Waals surface area contributed by atoms with Gasteiger partial charge in [0, 0.05) is 23.0 Å². The molecule has 0 saturated heterocycles. The Labute approximate surface area is 139 Å². The van der Waals surface area contributed by atoms with Crippen LogP contribution in [0.25, 0.3) is 11.5 Å². The zero-order valence-electron chi connectivity index (χ0n) is 12.2. The van der Waals surface area contributed by atoms with Crippen LogP contribution >= 0.6 is 24.0 Å². The smallest absolute Gasteiger partial charge is 0.257 e. The van der Waals surface area contributed by atoms with E-state index in [1.54, 1.807) is 38.1 Å². The second-order valence-corrected chi connectivity index (χ2v) is 5.37. The molecule has 1 aromatic heterocycles. The monoisotopic (exact) mass is 344 g/mol. The van der Waals surface area contributed by atoms with Crippen LogP contribution in [0.1, 0.15) is 32.1 Å². The molecule has 2 atom stereocenters. The van der Waals surface area contributed by atoms with Crippen LogP contribution in [-0.4, -0.2) is 22.1 Å². The molecule has 8 heteroatoms. The van der Waals surface area contributed by atoms with Crippen molar-refractivity contribution in [1.82, 2.24) is 15.5 Å². The van der Waals surface area contributed by atoms with E-state index in [1.807, 2.05) is 0 Å². The molecule has 0 aliphatic rings. The lowest BCUT2D eigenvalue weighted by atomic mass is 10.2. The number of amides is 1. The lowest BCUT2D eigenvalue weighted by Crippen LogP contribution is -2.32. The molecule has 6 nitrogen and oxygen atoms in total. The summed E-state index contributed by atoms with van der Waals surface area (Å²) in [6.07, 6.45) is 0.256. The molecular formula is C14H18Cl2N4O2. The van der Waals surface area contributed by atoms with Gasteiger partial charge in [0.2, 0.25) is 5.91 Å². The van der Waals surface area contributed by atoms with E-state index in [0.717, 1.165) is 5.56 Å². The predicted octanol–water partition coefficient (Wildman–Crippen LogP) is 2.73. The van der Waals surface area contributed by atoms with Crippen LogP contribution in [0, 0.1) is 0 Å². The molecule has 1 amide bonds. The van der Waals surface area contributed by atoms with Gasteiger partial charge in [-0.3, -0.25) is 4.79 Å². The molecule has 0 bridgehead atoms. The summed E-state index contributed by atoms with van der Waals surface area (Å²) in [6, 6.07) is 6.54. The van der Waals surface area contributed by atoms with E-state index >= 15 is 0 Å². The molecule has 0 radical (unpaired) electrons. The molecule has 120 valence electrons. The highest BCUT2D eigenvalue weighted by atomic mass is 35.5. The fraction of sp³-hybridized carbons (Fsp3) is 0.357. The third-order valence-corrected chi connectivity index (χ3v) is 3.06. The van der Waals surface area contributed by atoms with Crippen molar-refractivity contribution in [3.8, 4) is 11.5 Å². The zero-order chi connectivity index (χ0) is 15.4. The van der Waals surface area contributed by atoms with E-state index in [0.29, 0.717) is 16.7 Å². The first kappa shape index (κ1) is 18.4. The number of nitrogens with zero attached hydrogens (tertiary/aromatic N) is 2. The van der Waals surface area contributed by atoms with Crippen molar-refractivity contribution in [2.45, 2.75) is 32.4 Å². The predicted molar refractivity (Wildman–Crippen MR) is 86.8 cm³/mol. The first-order chi connectivity index (χ1) is 9.95. The first-order valence-electron chi connectivity index (χ1n) is 6.60. The number of nitrogens with one attached hydrogen (secondary N) is 1. The molecule has 3 N–H and O–H groups in total. The van der Waals surface area contributed by atoms with E-state index in [2.05, 4.69) is 15.5 Å². The number of carbonyl (C=O) groups excluding carboxylic acids is 1. The summed E-state index contributed by atoms with van der Waals surface area (Å²) in [5, 5.41) is 7.29. The fourth-order valence-corrected chi connectivity index (χ4v) is 1.90. The highest BCUT2D eigenvalue weighted by Crippen LogP contribution is 2.21. The molecule has 2 aromatic rings. The maximum atomic E-state index is 11.7. The van der Waals surface area contributed by atoms with E-state index in [9.17, 15) is 4.79 Å². The number of carbonyl (C=O) groups is 1. The van der Waals surface area contributed by atoms with Crippen molar-refractivity contribution in [3.05, 3.63) is 35.1 Å². The van der Waals surface area contributed by atoms with Gasteiger partial charge in [0.1, 0.15) is 0 Å². The van der Waals surface area contributed by atoms with Crippen LogP contribution in [0.5, 0.6) is 0 Å².